The fourth-order valence-electron chi connectivity index (χ4n) is 2.90. The molecule has 0 radical (unpaired) electrons. The van der Waals surface area contributed by atoms with Crippen LogP contribution >= 0.6 is 0 Å². The highest BCUT2D eigenvalue weighted by molar-refractivity contribution is 6.03. The molecular weight excluding hydrogens is 320 g/mol. The molecule has 0 bridgehead atoms. The number of para-hydroxylation sites is 2. The summed E-state index contributed by atoms with van der Waals surface area (Å²) in [5.41, 5.74) is 2.77. The van der Waals surface area contributed by atoms with Gasteiger partial charge in [0.25, 0.3) is 0 Å². The van der Waals surface area contributed by atoms with Gasteiger partial charge in [0.15, 0.2) is 11.5 Å². The van der Waals surface area contributed by atoms with E-state index < -0.39 is 5.97 Å². The Morgan fingerprint density at radius 3 is 2.56 bits per heavy atom. The maximum atomic E-state index is 12.6. The van der Waals surface area contributed by atoms with Gasteiger partial charge in [0.1, 0.15) is 0 Å². The number of ether oxygens (including phenoxy) is 1. The summed E-state index contributed by atoms with van der Waals surface area (Å²) in [5, 5.41) is 2.69. The van der Waals surface area contributed by atoms with E-state index >= 15 is 0 Å². The molecule has 0 spiro atoms. The number of ketones is 1. The van der Waals surface area contributed by atoms with Crippen molar-refractivity contribution in [1.29, 1.82) is 0 Å². The van der Waals surface area contributed by atoms with Gasteiger partial charge in [0.05, 0.1) is 12.2 Å². The number of fused-ring (bicyclic) bond motifs is 1. The fourth-order valence-corrected chi connectivity index (χ4v) is 2.90. The number of carbonyl (C=O) groups is 3. The van der Waals surface area contributed by atoms with Crippen LogP contribution in [0.15, 0.2) is 42.5 Å². The van der Waals surface area contributed by atoms with Crippen molar-refractivity contribution >= 4 is 29.0 Å². The van der Waals surface area contributed by atoms with E-state index in [2.05, 4.69) is 5.32 Å². The minimum Gasteiger partial charge on any atom is -0.425 e. The van der Waals surface area contributed by atoms with Crippen LogP contribution in [0.25, 0.3) is 0 Å². The normalized spacial score (nSPS) is 13.2. The second kappa shape index (κ2) is 6.76. The van der Waals surface area contributed by atoms with E-state index in [4.69, 9.17) is 4.74 Å². The predicted molar refractivity (Wildman–Crippen MR) is 93.9 cm³/mol. The Morgan fingerprint density at radius 1 is 1.08 bits per heavy atom. The number of nitrogens with one attached hydrogen (secondary N) is 1. The van der Waals surface area contributed by atoms with Gasteiger partial charge in [-0.05, 0) is 29.8 Å². The second-order valence-electron chi connectivity index (χ2n) is 5.89. The first-order valence-corrected chi connectivity index (χ1v) is 7.90. The molecule has 6 nitrogen and oxygen atoms in total. The van der Waals surface area contributed by atoms with Crippen molar-refractivity contribution in [3.63, 3.8) is 0 Å². The number of nitrogens with zero attached hydrogens (tertiary/aromatic N) is 1. The molecule has 0 atom stereocenters. The summed E-state index contributed by atoms with van der Waals surface area (Å²) in [6.07, 6.45) is 0. The minimum atomic E-state index is -0.406. The Labute approximate surface area is 145 Å². The SMILES string of the molecule is CC(=O)Nc1ccc2c(c1)C(=O)CN(c1ccccc1OC(C)=O)C2. The van der Waals surface area contributed by atoms with E-state index in [-0.39, 0.29) is 18.2 Å². The fraction of sp³-hybridized carbons (Fsp3) is 0.211. The van der Waals surface area contributed by atoms with Gasteiger partial charge < -0.3 is 15.0 Å². The number of anilines is 2. The molecule has 6 heteroatoms. The van der Waals surface area contributed by atoms with Crippen LogP contribution in [-0.4, -0.2) is 24.2 Å². The van der Waals surface area contributed by atoms with Crippen LogP contribution in [0.4, 0.5) is 11.4 Å². The number of benzene rings is 2. The number of hydrogen-bond acceptors (Lipinski definition) is 5. The molecule has 25 heavy (non-hydrogen) atoms. The Hall–Kier alpha value is -3.15. The highest BCUT2D eigenvalue weighted by atomic mass is 16.5. The zero-order valence-corrected chi connectivity index (χ0v) is 14.0. The predicted octanol–water partition coefficient (Wildman–Crippen LogP) is 2.77. The van der Waals surface area contributed by atoms with Crippen molar-refractivity contribution in [3.8, 4) is 5.75 Å². The number of amides is 1. The van der Waals surface area contributed by atoms with Crippen LogP contribution in [0.3, 0.4) is 0 Å². The largest absolute Gasteiger partial charge is 0.425 e. The lowest BCUT2D eigenvalue weighted by Crippen LogP contribution is -2.35. The van der Waals surface area contributed by atoms with Gasteiger partial charge in [0, 0.05) is 31.6 Å². The number of Topliss-reactive ketones (excluding diaryl/α,β-unsaturated/α-hetero) is 1. The molecule has 0 unspecified atom stereocenters. The van der Waals surface area contributed by atoms with Crippen molar-refractivity contribution in [2.75, 3.05) is 16.8 Å². The summed E-state index contributed by atoms with van der Waals surface area (Å²) >= 11 is 0. The number of esters is 1. The molecule has 1 aliphatic rings. The molecule has 1 heterocycles. The molecule has 2 aromatic rings. The third kappa shape index (κ3) is 3.68. The van der Waals surface area contributed by atoms with Gasteiger partial charge in [-0.25, -0.2) is 0 Å². The molecule has 0 aromatic heterocycles. The summed E-state index contributed by atoms with van der Waals surface area (Å²) in [7, 11) is 0. The summed E-state index contributed by atoms with van der Waals surface area (Å²) in [6.45, 7) is 3.46. The molecule has 0 saturated heterocycles. The van der Waals surface area contributed by atoms with Crippen LogP contribution in [0.5, 0.6) is 5.75 Å². The van der Waals surface area contributed by atoms with Crippen molar-refractivity contribution in [2.24, 2.45) is 0 Å². The third-order valence-electron chi connectivity index (χ3n) is 3.89. The molecule has 1 amide bonds. The number of hydrogen-bond donors (Lipinski definition) is 1. The van der Waals surface area contributed by atoms with E-state index in [1.54, 1.807) is 24.3 Å². The van der Waals surface area contributed by atoms with Crippen molar-refractivity contribution in [3.05, 3.63) is 53.6 Å². The molecule has 128 valence electrons. The Morgan fingerprint density at radius 2 is 1.84 bits per heavy atom. The van der Waals surface area contributed by atoms with E-state index in [0.29, 0.717) is 29.2 Å². The lowest BCUT2D eigenvalue weighted by atomic mass is 9.97. The average molecular weight is 338 g/mol. The molecule has 1 aliphatic heterocycles. The standard InChI is InChI=1S/C19H18N2O4/c1-12(22)20-15-8-7-14-10-21(11-18(24)16(14)9-15)17-5-3-4-6-19(17)25-13(2)23/h3-9H,10-11H2,1-2H3,(H,20,22). The molecule has 0 saturated carbocycles. The summed E-state index contributed by atoms with van der Waals surface area (Å²) in [5.74, 6) is -0.205. The first-order chi connectivity index (χ1) is 11.9. The van der Waals surface area contributed by atoms with E-state index in [0.717, 1.165) is 5.56 Å². The van der Waals surface area contributed by atoms with Gasteiger partial charge in [-0.2, -0.15) is 0 Å². The van der Waals surface area contributed by atoms with Crippen LogP contribution in [0.1, 0.15) is 29.8 Å². The average Bonchev–Trinajstić information content (AvgIpc) is 2.54. The third-order valence-corrected chi connectivity index (χ3v) is 3.89. The monoisotopic (exact) mass is 338 g/mol. The zero-order chi connectivity index (χ0) is 18.0. The highest BCUT2D eigenvalue weighted by Gasteiger charge is 2.25. The first-order valence-electron chi connectivity index (χ1n) is 7.90. The van der Waals surface area contributed by atoms with Gasteiger partial charge >= 0.3 is 5.97 Å². The van der Waals surface area contributed by atoms with E-state index in [1.807, 2.05) is 23.1 Å². The van der Waals surface area contributed by atoms with Crippen LogP contribution in [0.2, 0.25) is 0 Å². The minimum absolute atomic E-state index is 0.0499. The van der Waals surface area contributed by atoms with Crippen LogP contribution in [-0.2, 0) is 16.1 Å². The van der Waals surface area contributed by atoms with Gasteiger partial charge in [-0.1, -0.05) is 18.2 Å². The van der Waals surface area contributed by atoms with Crippen LogP contribution < -0.4 is 15.0 Å². The molecule has 3 rings (SSSR count). The van der Waals surface area contributed by atoms with E-state index in [9.17, 15) is 14.4 Å². The van der Waals surface area contributed by atoms with E-state index in [1.165, 1.54) is 13.8 Å². The van der Waals surface area contributed by atoms with Gasteiger partial charge in [-0.15, -0.1) is 0 Å². The smallest absolute Gasteiger partial charge is 0.308 e. The Kier molecular flexibility index (Phi) is 4.52. The number of rotatable bonds is 3. The summed E-state index contributed by atoms with van der Waals surface area (Å²) in [4.78, 5) is 36.9. The van der Waals surface area contributed by atoms with Crippen molar-refractivity contribution < 1.29 is 19.1 Å². The topological polar surface area (TPSA) is 75.7 Å². The second-order valence-corrected chi connectivity index (χ2v) is 5.89. The van der Waals surface area contributed by atoms with Crippen LogP contribution in [0, 0.1) is 0 Å². The molecule has 0 fully saturated rings. The maximum absolute atomic E-state index is 12.6. The van der Waals surface area contributed by atoms with Gasteiger partial charge in [-0.3, -0.25) is 14.4 Å². The molecule has 1 N–H and O–H groups in total. The lowest BCUT2D eigenvalue weighted by Gasteiger charge is -2.31. The van der Waals surface area contributed by atoms with Gasteiger partial charge in [0.2, 0.25) is 5.91 Å². The Bertz CT molecular complexity index is 860. The molecule has 2 aromatic carbocycles. The van der Waals surface area contributed by atoms with Crippen molar-refractivity contribution in [2.45, 2.75) is 20.4 Å². The zero-order valence-electron chi connectivity index (χ0n) is 14.0. The number of carbonyl (C=O) groups excluding carboxylic acids is 3. The highest BCUT2D eigenvalue weighted by Crippen LogP contribution is 2.33. The lowest BCUT2D eigenvalue weighted by molar-refractivity contribution is -0.131. The summed E-state index contributed by atoms with van der Waals surface area (Å²) in [6, 6.07) is 12.4. The molecule has 0 aliphatic carbocycles. The Balaban J connectivity index is 1.91. The summed E-state index contributed by atoms with van der Waals surface area (Å²) < 4.78 is 5.25. The quantitative estimate of drug-likeness (QED) is 0.688. The molecular formula is C19H18N2O4. The first kappa shape index (κ1) is 16.7. The van der Waals surface area contributed by atoms with Crippen molar-refractivity contribution in [1.82, 2.24) is 0 Å². The maximum Gasteiger partial charge on any atom is 0.308 e.